The van der Waals surface area contributed by atoms with Crippen molar-refractivity contribution in [2.45, 2.75) is 19.1 Å². The molecule has 0 saturated heterocycles. The highest BCUT2D eigenvalue weighted by Crippen LogP contribution is 2.28. The van der Waals surface area contributed by atoms with Crippen LogP contribution < -0.4 is 15.4 Å². The summed E-state index contributed by atoms with van der Waals surface area (Å²) in [4.78, 5) is 17.3. The van der Waals surface area contributed by atoms with E-state index in [1.807, 2.05) is 73.9 Å². The number of nitrogens with zero attached hydrogens (tertiary/aromatic N) is 1. The van der Waals surface area contributed by atoms with E-state index in [1.54, 1.807) is 12.3 Å². The highest BCUT2D eigenvalue weighted by atomic mass is 16.5. The zero-order valence-electron chi connectivity index (χ0n) is 18.1. The van der Waals surface area contributed by atoms with Crippen molar-refractivity contribution in [3.8, 4) is 5.75 Å². The van der Waals surface area contributed by atoms with Crippen molar-refractivity contribution in [1.29, 1.82) is 0 Å². The maximum atomic E-state index is 13.1. The second kappa shape index (κ2) is 10.6. The monoisotopic (exact) mass is 425 g/mol. The summed E-state index contributed by atoms with van der Waals surface area (Å²) in [7, 11) is 1.92. The van der Waals surface area contributed by atoms with Gasteiger partial charge in [0.25, 0.3) is 5.91 Å². The summed E-state index contributed by atoms with van der Waals surface area (Å²) in [5.41, 5.74) is 2.66. The molecule has 3 aromatic carbocycles. The van der Waals surface area contributed by atoms with E-state index in [4.69, 9.17) is 4.74 Å². The van der Waals surface area contributed by atoms with Crippen LogP contribution in [0.15, 0.2) is 91.3 Å². The molecular weight excluding hydrogens is 398 g/mol. The number of fused-ring (bicyclic) bond motifs is 1. The van der Waals surface area contributed by atoms with E-state index < -0.39 is 0 Å². The summed E-state index contributed by atoms with van der Waals surface area (Å²) >= 11 is 0. The van der Waals surface area contributed by atoms with E-state index in [9.17, 15) is 4.79 Å². The number of hydrogen-bond acceptors (Lipinski definition) is 4. The second-order valence-corrected chi connectivity index (χ2v) is 7.60. The summed E-state index contributed by atoms with van der Waals surface area (Å²) in [5.74, 6) is 0.421. The molecule has 2 N–H and O–H groups in total. The zero-order valence-corrected chi connectivity index (χ0v) is 18.1. The molecule has 0 bridgehead atoms. The predicted octanol–water partition coefficient (Wildman–Crippen LogP) is 4.89. The van der Waals surface area contributed by atoms with Gasteiger partial charge in [0.1, 0.15) is 11.9 Å². The Morgan fingerprint density at radius 1 is 0.969 bits per heavy atom. The lowest BCUT2D eigenvalue weighted by Gasteiger charge is -2.21. The standard InChI is InChI=1S/C27H27N3O2/c1-28-16-15-25(20-8-3-2-4-9-20)32-26-13-6-5-12-24(26)27(31)30-19-22-11-7-10-21-18-29-17-14-23(21)22/h2-14,17-18,25,28H,15-16,19H2,1H3,(H,30,31). The van der Waals surface area contributed by atoms with Gasteiger partial charge in [-0.15, -0.1) is 0 Å². The van der Waals surface area contributed by atoms with Gasteiger partial charge < -0.3 is 15.4 Å². The van der Waals surface area contributed by atoms with Crippen molar-refractivity contribution >= 4 is 16.7 Å². The Bertz CT molecular complexity index is 1170. The summed E-state index contributed by atoms with van der Waals surface area (Å²) in [6.45, 7) is 1.24. The molecule has 0 saturated carbocycles. The van der Waals surface area contributed by atoms with Gasteiger partial charge >= 0.3 is 0 Å². The van der Waals surface area contributed by atoms with Gasteiger partial charge in [0.15, 0.2) is 0 Å². The first-order valence-electron chi connectivity index (χ1n) is 10.8. The molecule has 0 radical (unpaired) electrons. The van der Waals surface area contributed by atoms with Gasteiger partial charge in [-0.2, -0.15) is 0 Å². The maximum Gasteiger partial charge on any atom is 0.255 e. The molecule has 5 nitrogen and oxygen atoms in total. The van der Waals surface area contributed by atoms with Gasteiger partial charge in [0.2, 0.25) is 0 Å². The lowest BCUT2D eigenvalue weighted by atomic mass is 10.1. The molecule has 0 aliphatic carbocycles. The largest absolute Gasteiger partial charge is 0.485 e. The van der Waals surface area contributed by atoms with Crippen LogP contribution in [0.3, 0.4) is 0 Å². The number of carbonyl (C=O) groups is 1. The number of rotatable bonds is 9. The van der Waals surface area contributed by atoms with Gasteiger partial charge in [0, 0.05) is 30.7 Å². The molecule has 4 aromatic rings. The molecule has 1 amide bonds. The Kier molecular flexibility index (Phi) is 7.10. The lowest BCUT2D eigenvalue weighted by molar-refractivity contribution is 0.0942. The number of amides is 1. The Morgan fingerprint density at radius 3 is 2.62 bits per heavy atom. The number of ether oxygens (including phenoxy) is 1. The number of aromatic nitrogens is 1. The number of benzene rings is 3. The smallest absolute Gasteiger partial charge is 0.255 e. The Labute approximate surface area is 188 Å². The molecule has 5 heteroatoms. The Morgan fingerprint density at radius 2 is 1.78 bits per heavy atom. The molecule has 162 valence electrons. The fourth-order valence-corrected chi connectivity index (χ4v) is 3.76. The van der Waals surface area contributed by atoms with Crippen LogP contribution in [0.1, 0.15) is 34.0 Å². The number of para-hydroxylation sites is 1. The van der Waals surface area contributed by atoms with Crippen molar-refractivity contribution in [3.05, 3.63) is 108 Å². The van der Waals surface area contributed by atoms with Crippen LogP contribution >= 0.6 is 0 Å². The molecule has 0 aliphatic rings. The van der Waals surface area contributed by atoms with E-state index in [-0.39, 0.29) is 12.0 Å². The highest BCUT2D eigenvalue weighted by molar-refractivity contribution is 5.97. The topological polar surface area (TPSA) is 63.2 Å². The van der Waals surface area contributed by atoms with Crippen molar-refractivity contribution in [2.24, 2.45) is 0 Å². The number of pyridine rings is 1. The summed E-state index contributed by atoms with van der Waals surface area (Å²) < 4.78 is 6.37. The van der Waals surface area contributed by atoms with Crippen molar-refractivity contribution < 1.29 is 9.53 Å². The van der Waals surface area contributed by atoms with E-state index in [0.29, 0.717) is 17.9 Å². The SMILES string of the molecule is CNCCC(Oc1ccccc1C(=O)NCc1cccc2cnccc12)c1ccccc1. The predicted molar refractivity (Wildman–Crippen MR) is 128 cm³/mol. The maximum absolute atomic E-state index is 13.1. The van der Waals surface area contributed by atoms with Gasteiger partial charge in [-0.3, -0.25) is 9.78 Å². The molecular formula is C27H27N3O2. The van der Waals surface area contributed by atoms with Crippen molar-refractivity contribution in [2.75, 3.05) is 13.6 Å². The average Bonchev–Trinajstić information content (AvgIpc) is 2.86. The molecule has 1 unspecified atom stereocenters. The third-order valence-corrected chi connectivity index (χ3v) is 5.44. The van der Waals surface area contributed by atoms with Crippen molar-refractivity contribution in [3.63, 3.8) is 0 Å². The van der Waals surface area contributed by atoms with Crippen LogP contribution in [0.4, 0.5) is 0 Å². The summed E-state index contributed by atoms with van der Waals surface area (Å²) in [6, 6.07) is 25.5. The quantitative estimate of drug-likeness (QED) is 0.401. The van der Waals surface area contributed by atoms with Gasteiger partial charge in [-0.05, 0) is 48.3 Å². The molecule has 1 atom stereocenters. The first kappa shape index (κ1) is 21.5. The van der Waals surface area contributed by atoms with Crippen molar-refractivity contribution in [1.82, 2.24) is 15.6 Å². The molecule has 1 heterocycles. The molecule has 0 aliphatic heterocycles. The molecule has 32 heavy (non-hydrogen) atoms. The zero-order chi connectivity index (χ0) is 22.2. The normalized spacial score (nSPS) is 11.8. The van der Waals surface area contributed by atoms with Gasteiger partial charge in [0.05, 0.1) is 5.56 Å². The van der Waals surface area contributed by atoms with Crippen LogP contribution in [-0.2, 0) is 6.54 Å². The van der Waals surface area contributed by atoms with E-state index in [1.165, 1.54) is 0 Å². The first-order chi connectivity index (χ1) is 15.8. The minimum Gasteiger partial charge on any atom is -0.485 e. The third kappa shape index (κ3) is 5.13. The van der Waals surface area contributed by atoms with Crippen LogP contribution in [-0.4, -0.2) is 24.5 Å². The van der Waals surface area contributed by atoms with Crippen LogP contribution in [0, 0.1) is 0 Å². The fourth-order valence-electron chi connectivity index (χ4n) is 3.76. The van der Waals surface area contributed by atoms with Crippen LogP contribution in [0.25, 0.3) is 10.8 Å². The molecule has 0 fully saturated rings. The fraction of sp³-hybridized carbons (Fsp3) is 0.185. The number of nitrogens with one attached hydrogen (secondary N) is 2. The summed E-state index contributed by atoms with van der Waals surface area (Å²) in [6.07, 6.45) is 4.24. The molecule has 1 aromatic heterocycles. The molecule has 4 rings (SSSR count). The highest BCUT2D eigenvalue weighted by Gasteiger charge is 2.18. The van der Waals surface area contributed by atoms with E-state index >= 15 is 0 Å². The second-order valence-electron chi connectivity index (χ2n) is 7.60. The minimum atomic E-state index is -0.160. The minimum absolute atomic E-state index is 0.150. The first-order valence-corrected chi connectivity index (χ1v) is 10.8. The van der Waals surface area contributed by atoms with E-state index in [2.05, 4.69) is 27.8 Å². The molecule has 0 spiro atoms. The summed E-state index contributed by atoms with van der Waals surface area (Å²) in [5, 5.41) is 8.37. The average molecular weight is 426 g/mol. The Balaban J connectivity index is 1.52. The van der Waals surface area contributed by atoms with Crippen LogP contribution in [0.5, 0.6) is 5.75 Å². The third-order valence-electron chi connectivity index (χ3n) is 5.44. The van der Waals surface area contributed by atoms with Gasteiger partial charge in [-0.1, -0.05) is 60.7 Å². The van der Waals surface area contributed by atoms with Crippen LogP contribution in [0.2, 0.25) is 0 Å². The van der Waals surface area contributed by atoms with E-state index in [0.717, 1.165) is 34.9 Å². The lowest BCUT2D eigenvalue weighted by Crippen LogP contribution is -2.24. The number of hydrogen-bond donors (Lipinski definition) is 2. The number of carbonyl (C=O) groups excluding carboxylic acids is 1. The Hall–Kier alpha value is -3.70. The van der Waals surface area contributed by atoms with Gasteiger partial charge in [-0.25, -0.2) is 0 Å².